The molecule has 78 valence electrons. The Labute approximate surface area is 84.0 Å². The predicted molar refractivity (Wildman–Crippen MR) is 54.4 cm³/mol. The highest BCUT2D eigenvalue weighted by atomic mass is 19.2. The summed E-state index contributed by atoms with van der Waals surface area (Å²) in [5.74, 6) is 0. The number of hydrogen-bond donors (Lipinski definition) is 1. The van der Waals surface area contributed by atoms with Gasteiger partial charge in [0.05, 0.1) is 12.1 Å². The maximum Gasteiger partial charge on any atom is 0.0871 e. The molecule has 14 heavy (non-hydrogen) atoms. The van der Waals surface area contributed by atoms with E-state index in [0.717, 1.165) is 11.1 Å². The van der Waals surface area contributed by atoms with Crippen molar-refractivity contribution in [3.8, 4) is 0 Å². The minimum Gasteiger partial charge on any atom is -0.374 e. The summed E-state index contributed by atoms with van der Waals surface area (Å²) >= 11 is 0. The van der Waals surface area contributed by atoms with Crippen LogP contribution in [0, 0.1) is 0 Å². The fourth-order valence-corrected chi connectivity index (χ4v) is 1.22. The van der Waals surface area contributed by atoms with Crippen molar-refractivity contribution >= 4 is 0 Å². The zero-order valence-corrected chi connectivity index (χ0v) is 8.80. The summed E-state index contributed by atoms with van der Waals surface area (Å²) in [6.07, 6.45) is 0. The summed E-state index contributed by atoms with van der Waals surface area (Å²) in [7, 11) is 1.68. The number of benzene rings is 1. The molecule has 3 heteroatoms. The highest BCUT2D eigenvalue weighted by Gasteiger charge is 2.18. The van der Waals surface area contributed by atoms with E-state index in [4.69, 9.17) is 4.74 Å². The molecule has 1 aromatic carbocycles. The number of ether oxygens (including phenoxy) is 1. The van der Waals surface area contributed by atoms with Crippen molar-refractivity contribution in [1.82, 2.24) is 5.54 Å². The van der Waals surface area contributed by atoms with Crippen LogP contribution in [0.4, 0.5) is 4.48 Å². The van der Waals surface area contributed by atoms with E-state index in [9.17, 15) is 4.48 Å². The van der Waals surface area contributed by atoms with E-state index in [-0.39, 0.29) is 12.1 Å². The molecule has 0 aliphatic rings. The lowest BCUT2D eigenvalue weighted by atomic mass is 9.97. The molecule has 1 aromatic rings. The lowest BCUT2D eigenvalue weighted by Crippen LogP contribution is -2.19. The van der Waals surface area contributed by atoms with Gasteiger partial charge in [0.2, 0.25) is 0 Å². The largest absolute Gasteiger partial charge is 0.374 e. The Hall–Kier alpha value is -0.930. The Bertz CT molecular complexity index is 282. The molecule has 0 saturated heterocycles. The van der Waals surface area contributed by atoms with Crippen molar-refractivity contribution in [1.29, 1.82) is 0 Å². The van der Waals surface area contributed by atoms with Gasteiger partial charge in [0.1, 0.15) is 0 Å². The average molecular weight is 197 g/mol. The normalized spacial score (nSPS) is 11.7. The predicted octanol–water partition coefficient (Wildman–Crippen LogP) is 2.54. The standard InChI is InChI=1S/C11H16FNO/c1-11(2,14-3)10-6-4-9(5-7-10)8-13-12/h4-7,13H,8H2,1-3H3. The Morgan fingerprint density at radius 2 is 1.86 bits per heavy atom. The minimum absolute atomic E-state index is 0.244. The van der Waals surface area contributed by atoms with Crippen LogP contribution in [0.2, 0.25) is 0 Å². The second-order valence-corrected chi connectivity index (χ2v) is 3.72. The van der Waals surface area contributed by atoms with E-state index in [1.165, 1.54) is 0 Å². The molecule has 0 aliphatic carbocycles. The molecule has 0 heterocycles. The van der Waals surface area contributed by atoms with Gasteiger partial charge in [-0.15, -0.1) is 4.48 Å². The van der Waals surface area contributed by atoms with Crippen molar-refractivity contribution in [2.75, 3.05) is 7.11 Å². The molecule has 0 amide bonds. The van der Waals surface area contributed by atoms with E-state index < -0.39 is 0 Å². The molecule has 2 nitrogen and oxygen atoms in total. The molecule has 0 radical (unpaired) electrons. The fraction of sp³-hybridized carbons (Fsp3) is 0.455. The highest BCUT2D eigenvalue weighted by Crippen LogP contribution is 2.23. The van der Waals surface area contributed by atoms with E-state index >= 15 is 0 Å². The van der Waals surface area contributed by atoms with E-state index in [1.807, 2.05) is 38.1 Å². The average Bonchev–Trinajstić information content (AvgIpc) is 2.19. The highest BCUT2D eigenvalue weighted by molar-refractivity contribution is 5.26. The number of nitrogens with one attached hydrogen (secondary N) is 1. The van der Waals surface area contributed by atoms with Crippen LogP contribution in [0.15, 0.2) is 24.3 Å². The molecule has 0 unspecified atom stereocenters. The van der Waals surface area contributed by atoms with Crippen molar-refractivity contribution in [3.05, 3.63) is 35.4 Å². The third-order valence-corrected chi connectivity index (χ3v) is 2.43. The van der Waals surface area contributed by atoms with Gasteiger partial charge in [-0.05, 0) is 25.0 Å². The van der Waals surface area contributed by atoms with Crippen LogP contribution >= 0.6 is 0 Å². The van der Waals surface area contributed by atoms with Gasteiger partial charge in [-0.3, -0.25) is 0 Å². The van der Waals surface area contributed by atoms with Gasteiger partial charge < -0.3 is 4.74 Å². The number of rotatable bonds is 4. The van der Waals surface area contributed by atoms with Crippen molar-refractivity contribution in [3.63, 3.8) is 0 Å². The Morgan fingerprint density at radius 1 is 1.29 bits per heavy atom. The number of hydrogen-bond acceptors (Lipinski definition) is 2. The van der Waals surface area contributed by atoms with E-state index in [0.29, 0.717) is 0 Å². The van der Waals surface area contributed by atoms with Gasteiger partial charge in [-0.2, -0.15) is 5.54 Å². The summed E-state index contributed by atoms with van der Waals surface area (Å²) < 4.78 is 17.1. The monoisotopic (exact) mass is 197 g/mol. The molecule has 0 aliphatic heterocycles. The van der Waals surface area contributed by atoms with Crippen molar-refractivity contribution in [2.24, 2.45) is 0 Å². The summed E-state index contributed by atoms with van der Waals surface area (Å²) in [4.78, 5) is 0. The molecular weight excluding hydrogens is 181 g/mol. The molecular formula is C11H16FNO. The van der Waals surface area contributed by atoms with Gasteiger partial charge in [0.25, 0.3) is 0 Å². The molecule has 1 N–H and O–H groups in total. The van der Waals surface area contributed by atoms with Crippen LogP contribution < -0.4 is 5.54 Å². The topological polar surface area (TPSA) is 21.3 Å². The zero-order valence-electron chi connectivity index (χ0n) is 8.80. The van der Waals surface area contributed by atoms with Gasteiger partial charge >= 0.3 is 0 Å². The number of methoxy groups -OCH3 is 1. The quantitative estimate of drug-likeness (QED) is 0.749. The Morgan fingerprint density at radius 3 is 2.29 bits per heavy atom. The third-order valence-electron chi connectivity index (χ3n) is 2.43. The first-order valence-corrected chi connectivity index (χ1v) is 4.58. The first-order chi connectivity index (χ1) is 6.60. The molecule has 0 saturated carbocycles. The van der Waals surface area contributed by atoms with Crippen LogP contribution in [-0.4, -0.2) is 7.11 Å². The van der Waals surface area contributed by atoms with Crippen LogP contribution in [-0.2, 0) is 16.9 Å². The molecule has 0 bridgehead atoms. The van der Waals surface area contributed by atoms with Crippen LogP contribution in [0.1, 0.15) is 25.0 Å². The lowest BCUT2D eigenvalue weighted by molar-refractivity contribution is 0.0192. The van der Waals surface area contributed by atoms with Crippen LogP contribution in [0.5, 0.6) is 0 Å². The lowest BCUT2D eigenvalue weighted by Gasteiger charge is -2.23. The molecule has 0 fully saturated rings. The summed E-state index contributed by atoms with van der Waals surface area (Å²) in [6, 6.07) is 7.69. The van der Waals surface area contributed by atoms with Gasteiger partial charge in [-0.1, -0.05) is 24.3 Å². The molecule has 0 atom stereocenters. The third kappa shape index (κ3) is 2.53. The van der Waals surface area contributed by atoms with Gasteiger partial charge in [0, 0.05) is 7.11 Å². The van der Waals surface area contributed by atoms with Crippen LogP contribution in [0.3, 0.4) is 0 Å². The number of halogens is 1. The molecule has 0 aromatic heterocycles. The Balaban J connectivity index is 2.82. The van der Waals surface area contributed by atoms with Gasteiger partial charge in [0.15, 0.2) is 0 Å². The maximum atomic E-state index is 11.8. The summed E-state index contributed by atoms with van der Waals surface area (Å²) in [5, 5.41) is 0. The van der Waals surface area contributed by atoms with E-state index in [2.05, 4.69) is 0 Å². The zero-order chi connectivity index (χ0) is 10.6. The Kier molecular flexibility index (Phi) is 3.61. The molecule has 0 spiro atoms. The molecule has 1 rings (SSSR count). The second-order valence-electron chi connectivity index (χ2n) is 3.72. The van der Waals surface area contributed by atoms with E-state index in [1.54, 1.807) is 12.6 Å². The SMILES string of the molecule is COC(C)(C)c1ccc(CNF)cc1. The van der Waals surface area contributed by atoms with Gasteiger partial charge in [-0.25, -0.2) is 0 Å². The summed E-state index contributed by atoms with van der Waals surface area (Å²) in [5.41, 5.74) is 3.34. The first kappa shape index (κ1) is 11.1. The van der Waals surface area contributed by atoms with Crippen LogP contribution in [0.25, 0.3) is 0 Å². The first-order valence-electron chi connectivity index (χ1n) is 4.58. The van der Waals surface area contributed by atoms with Crippen molar-refractivity contribution in [2.45, 2.75) is 26.0 Å². The summed E-state index contributed by atoms with van der Waals surface area (Å²) in [6.45, 7) is 4.23. The smallest absolute Gasteiger partial charge is 0.0871 e. The minimum atomic E-state index is -0.290. The fourth-order valence-electron chi connectivity index (χ4n) is 1.22. The maximum absolute atomic E-state index is 11.8. The second kappa shape index (κ2) is 4.53. The van der Waals surface area contributed by atoms with Crippen molar-refractivity contribution < 1.29 is 9.22 Å².